The summed E-state index contributed by atoms with van der Waals surface area (Å²) in [5.74, 6) is 0.449. The van der Waals surface area contributed by atoms with E-state index in [1.54, 1.807) is 18.2 Å². The number of nitro groups is 1. The average Bonchev–Trinajstić information content (AvgIpc) is 2.52. The van der Waals surface area contributed by atoms with Crippen LogP contribution in [-0.4, -0.2) is 16.5 Å². The van der Waals surface area contributed by atoms with Crippen molar-refractivity contribution in [3.8, 4) is 23.1 Å². The van der Waals surface area contributed by atoms with Crippen LogP contribution >= 0.6 is 0 Å². The fraction of sp³-hybridized carbons (Fsp3) is 0.200. The van der Waals surface area contributed by atoms with E-state index in [-0.39, 0.29) is 5.69 Å². The molecule has 0 fully saturated rings. The first-order valence-corrected chi connectivity index (χ1v) is 6.43. The molecule has 106 valence electrons. The summed E-state index contributed by atoms with van der Waals surface area (Å²) in [4.78, 5) is 14.4. The van der Waals surface area contributed by atoms with Gasteiger partial charge in [-0.25, -0.2) is 0 Å². The molecule has 6 heteroatoms. The van der Waals surface area contributed by atoms with E-state index in [0.29, 0.717) is 29.2 Å². The molecular weight excluding hydrogens is 270 g/mol. The largest absolute Gasteiger partial charge is 0.491 e. The second kappa shape index (κ2) is 6.48. The summed E-state index contributed by atoms with van der Waals surface area (Å²) in [5, 5.41) is 19.8. The fourth-order valence-electron chi connectivity index (χ4n) is 1.77. The molecule has 0 saturated heterocycles. The fourth-order valence-corrected chi connectivity index (χ4v) is 1.77. The minimum atomic E-state index is -0.459. The Balaban J connectivity index is 2.32. The summed E-state index contributed by atoms with van der Waals surface area (Å²) < 4.78 is 5.44. The quantitative estimate of drug-likeness (QED) is 0.620. The molecule has 0 aliphatic carbocycles. The maximum absolute atomic E-state index is 10.6. The van der Waals surface area contributed by atoms with Crippen molar-refractivity contribution in [2.24, 2.45) is 0 Å². The van der Waals surface area contributed by atoms with Gasteiger partial charge in [-0.05, 0) is 24.6 Å². The molecule has 0 bridgehead atoms. The maximum Gasteiger partial charge on any atom is 0.269 e. The van der Waals surface area contributed by atoms with E-state index in [4.69, 9.17) is 10.00 Å². The number of nitriles is 1. The lowest BCUT2D eigenvalue weighted by Gasteiger charge is -2.07. The molecule has 6 nitrogen and oxygen atoms in total. The predicted molar refractivity (Wildman–Crippen MR) is 76.8 cm³/mol. The first-order valence-electron chi connectivity index (χ1n) is 6.43. The number of nitro benzene ring substituents is 1. The van der Waals surface area contributed by atoms with Crippen molar-refractivity contribution in [3.63, 3.8) is 0 Å². The van der Waals surface area contributed by atoms with Gasteiger partial charge in [0.2, 0.25) is 0 Å². The Bertz CT molecular complexity index is 690. The van der Waals surface area contributed by atoms with Gasteiger partial charge in [0.05, 0.1) is 29.0 Å². The summed E-state index contributed by atoms with van der Waals surface area (Å²) >= 11 is 0. The van der Waals surface area contributed by atoms with Crippen LogP contribution in [0.1, 0.15) is 18.9 Å². The minimum Gasteiger partial charge on any atom is -0.491 e. The topological polar surface area (TPSA) is 89.1 Å². The van der Waals surface area contributed by atoms with Gasteiger partial charge < -0.3 is 4.74 Å². The average molecular weight is 283 g/mol. The molecule has 21 heavy (non-hydrogen) atoms. The van der Waals surface area contributed by atoms with Crippen molar-refractivity contribution in [2.75, 3.05) is 6.61 Å². The van der Waals surface area contributed by atoms with E-state index >= 15 is 0 Å². The van der Waals surface area contributed by atoms with Crippen molar-refractivity contribution < 1.29 is 9.66 Å². The third-order valence-electron chi connectivity index (χ3n) is 2.82. The van der Waals surface area contributed by atoms with Crippen LogP contribution in [0.15, 0.2) is 36.5 Å². The van der Waals surface area contributed by atoms with Gasteiger partial charge in [0, 0.05) is 17.7 Å². The van der Waals surface area contributed by atoms with E-state index < -0.39 is 4.92 Å². The zero-order valence-electron chi connectivity index (χ0n) is 11.4. The summed E-state index contributed by atoms with van der Waals surface area (Å²) in [6.07, 6.45) is 2.35. The van der Waals surface area contributed by atoms with Gasteiger partial charge in [-0.15, -0.1) is 0 Å². The third kappa shape index (κ3) is 3.34. The molecular formula is C15H13N3O3. The Labute approximate surface area is 121 Å². The van der Waals surface area contributed by atoms with Crippen LogP contribution in [-0.2, 0) is 0 Å². The molecule has 2 rings (SSSR count). The van der Waals surface area contributed by atoms with Gasteiger partial charge in [-0.1, -0.05) is 6.92 Å². The van der Waals surface area contributed by atoms with E-state index in [0.717, 1.165) is 6.42 Å². The molecule has 0 atom stereocenters. The van der Waals surface area contributed by atoms with Crippen LogP contribution in [0.4, 0.5) is 5.69 Å². The van der Waals surface area contributed by atoms with Gasteiger partial charge >= 0.3 is 0 Å². The Morgan fingerprint density at radius 1 is 1.38 bits per heavy atom. The van der Waals surface area contributed by atoms with Crippen LogP contribution in [0, 0.1) is 21.4 Å². The number of aromatic nitrogens is 1. The molecule has 0 spiro atoms. The highest BCUT2D eigenvalue weighted by molar-refractivity contribution is 5.64. The number of hydrogen-bond acceptors (Lipinski definition) is 5. The lowest BCUT2D eigenvalue weighted by atomic mass is 10.1. The number of nitrogens with zero attached hydrogens (tertiary/aromatic N) is 3. The lowest BCUT2D eigenvalue weighted by Crippen LogP contribution is -1.98. The molecule has 1 aromatic heterocycles. The highest BCUT2D eigenvalue weighted by Gasteiger charge is 2.09. The van der Waals surface area contributed by atoms with Crippen molar-refractivity contribution in [1.29, 1.82) is 5.26 Å². The van der Waals surface area contributed by atoms with Crippen LogP contribution in [0.2, 0.25) is 0 Å². The molecule has 0 unspecified atom stereocenters. The van der Waals surface area contributed by atoms with Crippen molar-refractivity contribution in [3.05, 3.63) is 52.2 Å². The highest BCUT2D eigenvalue weighted by atomic mass is 16.6. The van der Waals surface area contributed by atoms with Gasteiger partial charge in [0.25, 0.3) is 5.69 Å². The van der Waals surface area contributed by atoms with Gasteiger partial charge in [-0.3, -0.25) is 15.1 Å². The Morgan fingerprint density at radius 2 is 2.10 bits per heavy atom. The molecule has 1 heterocycles. The molecule has 0 N–H and O–H groups in total. The zero-order chi connectivity index (χ0) is 15.2. The lowest BCUT2D eigenvalue weighted by molar-refractivity contribution is -0.384. The number of benzene rings is 1. The first kappa shape index (κ1) is 14.5. The number of ether oxygens (including phenoxy) is 1. The summed E-state index contributed by atoms with van der Waals surface area (Å²) in [6.45, 7) is 2.50. The number of rotatable bonds is 5. The van der Waals surface area contributed by atoms with Gasteiger partial charge in [0.1, 0.15) is 6.07 Å². The first-order chi connectivity index (χ1) is 10.2. The SMILES string of the molecule is CCCOc1cnc(-c2ccc([N+](=O)[O-])cc2)cc1C#N. The predicted octanol–water partition coefficient (Wildman–Crippen LogP) is 3.32. The number of hydrogen-bond donors (Lipinski definition) is 0. The van der Waals surface area contributed by atoms with Gasteiger partial charge in [0.15, 0.2) is 5.75 Å². The Kier molecular flexibility index (Phi) is 4.46. The van der Waals surface area contributed by atoms with Crippen molar-refractivity contribution in [1.82, 2.24) is 4.98 Å². The number of pyridine rings is 1. The third-order valence-corrected chi connectivity index (χ3v) is 2.82. The van der Waals surface area contributed by atoms with Crippen LogP contribution in [0.3, 0.4) is 0 Å². The number of non-ortho nitro benzene ring substituents is 1. The molecule has 0 aliphatic rings. The molecule has 0 saturated carbocycles. The monoisotopic (exact) mass is 283 g/mol. The zero-order valence-corrected chi connectivity index (χ0v) is 11.4. The highest BCUT2D eigenvalue weighted by Crippen LogP contribution is 2.25. The molecule has 2 aromatic rings. The second-order valence-electron chi connectivity index (χ2n) is 4.33. The normalized spacial score (nSPS) is 9.90. The van der Waals surface area contributed by atoms with Crippen LogP contribution in [0.25, 0.3) is 11.3 Å². The van der Waals surface area contributed by atoms with E-state index in [9.17, 15) is 10.1 Å². The van der Waals surface area contributed by atoms with E-state index in [1.807, 2.05) is 6.92 Å². The molecule has 1 aromatic carbocycles. The Morgan fingerprint density at radius 3 is 2.67 bits per heavy atom. The van der Waals surface area contributed by atoms with Crippen molar-refractivity contribution >= 4 is 5.69 Å². The standard InChI is InChI=1S/C15H13N3O3/c1-2-7-21-15-10-17-14(8-12(15)9-16)11-3-5-13(6-4-11)18(19)20/h3-6,8,10H,2,7H2,1H3. The molecule has 0 aliphatic heterocycles. The van der Waals surface area contributed by atoms with Crippen LogP contribution in [0.5, 0.6) is 5.75 Å². The maximum atomic E-state index is 10.6. The molecule has 0 radical (unpaired) electrons. The van der Waals surface area contributed by atoms with E-state index in [2.05, 4.69) is 11.1 Å². The minimum absolute atomic E-state index is 0.0159. The summed E-state index contributed by atoms with van der Waals surface area (Å²) in [7, 11) is 0. The Hall–Kier alpha value is -2.94. The summed E-state index contributed by atoms with van der Waals surface area (Å²) in [6, 6.07) is 9.71. The van der Waals surface area contributed by atoms with Gasteiger partial charge in [-0.2, -0.15) is 5.26 Å². The van der Waals surface area contributed by atoms with Crippen molar-refractivity contribution in [2.45, 2.75) is 13.3 Å². The van der Waals surface area contributed by atoms with E-state index in [1.165, 1.54) is 18.3 Å². The second-order valence-corrected chi connectivity index (χ2v) is 4.33. The van der Waals surface area contributed by atoms with Crippen LogP contribution < -0.4 is 4.74 Å². The summed E-state index contributed by atoms with van der Waals surface area (Å²) in [5.41, 5.74) is 1.69. The smallest absolute Gasteiger partial charge is 0.269 e. The molecule has 0 amide bonds.